The number of Topliss-reactive ketones (excluding diaryl/α,β-unsaturated/α-hetero) is 1. The van der Waals surface area contributed by atoms with Crippen LogP contribution in [0.1, 0.15) is 123 Å². The first-order valence-corrected chi connectivity index (χ1v) is 25.1. The topological polar surface area (TPSA) is 126 Å². The van der Waals surface area contributed by atoms with Gasteiger partial charge in [0.25, 0.3) is 0 Å². The molecular weight excluding hydrogens is 847 g/mol. The van der Waals surface area contributed by atoms with E-state index in [9.17, 15) is 9.59 Å². The molecule has 1 amide bonds. The van der Waals surface area contributed by atoms with E-state index >= 15 is 0 Å². The minimum Gasteiger partial charge on any atom is -0.385 e. The minimum atomic E-state index is -0.283. The number of carbonyl (C=O) groups is 2. The van der Waals surface area contributed by atoms with Crippen molar-refractivity contribution in [1.82, 2.24) is 19.9 Å². The smallest absolute Gasteiger partial charge is 0.240 e. The standard InChI is InChI=1S/C19H27NO.C18H21N3S.C12H15N3O.2C2H6.2C2H4/c1-15-10-7-8-12-19(15)20-13-9-5-3-4-6-11-17-14-18(17)16(2)21;1-5-13-6-7-14-12(4)8-16(20-15(14)9-13)17-10-22-18(21-17)19-11(2)3;1-9(10-5-2-3-7-14-10)15-8-4-6-11(15)12(13)16;4*1-2/h6-8,10-12,17-18,20H,3-5,9,13-14H2,1-2H3;6-11H,5H2,1-4H3,(H,19,21);2-3,5,7,11H,1,4,6,8H2,(H2,13,16);2*1-2H3;2*1-2H2/b11-6-;;;;;;. The summed E-state index contributed by atoms with van der Waals surface area (Å²) >= 11 is 1.63. The molecule has 4 heterocycles. The molecule has 2 aliphatic rings. The molecule has 3 aromatic heterocycles. The number of fused-ring (bicyclic) bond motifs is 1. The number of nitrogens with two attached hydrogens (primary N) is 1. The average molecular weight is 930 g/mol. The summed E-state index contributed by atoms with van der Waals surface area (Å²) in [7, 11) is 0. The van der Waals surface area contributed by atoms with E-state index in [1.165, 1.54) is 47.0 Å². The van der Waals surface area contributed by atoms with E-state index in [-0.39, 0.29) is 11.9 Å². The van der Waals surface area contributed by atoms with Crippen molar-refractivity contribution in [2.24, 2.45) is 17.6 Å². The highest BCUT2D eigenvalue weighted by atomic mass is 32.1. The molecule has 1 aliphatic carbocycles. The number of nitrogens with one attached hydrogen (secondary N) is 2. The first-order valence-electron chi connectivity index (χ1n) is 24.2. The molecule has 1 saturated carbocycles. The summed E-state index contributed by atoms with van der Waals surface area (Å²) in [5.74, 6) is 0.950. The number of benzene rings is 2. The molecule has 3 unspecified atom stereocenters. The maximum Gasteiger partial charge on any atom is 0.240 e. The van der Waals surface area contributed by atoms with Gasteiger partial charge in [-0.3, -0.25) is 14.6 Å². The monoisotopic (exact) mass is 930 g/mol. The van der Waals surface area contributed by atoms with Crippen LogP contribution in [0.5, 0.6) is 0 Å². The molecule has 2 aromatic carbocycles. The van der Waals surface area contributed by atoms with Gasteiger partial charge in [0.2, 0.25) is 5.91 Å². The number of rotatable bonds is 16. The highest BCUT2D eigenvalue weighted by Gasteiger charge is 2.38. The Labute approximate surface area is 409 Å². The van der Waals surface area contributed by atoms with Crippen LogP contribution in [0.4, 0.5) is 10.8 Å². The molecule has 10 heteroatoms. The van der Waals surface area contributed by atoms with Gasteiger partial charge >= 0.3 is 0 Å². The fraction of sp³-hybridized carbons (Fsp3) is 0.421. The van der Waals surface area contributed by atoms with Crippen molar-refractivity contribution in [3.8, 4) is 11.4 Å². The van der Waals surface area contributed by atoms with Crippen molar-refractivity contribution < 1.29 is 9.59 Å². The summed E-state index contributed by atoms with van der Waals surface area (Å²) in [5, 5.41) is 11.1. The number of pyridine rings is 2. The number of allylic oxidation sites excluding steroid dienone is 2. The van der Waals surface area contributed by atoms with Gasteiger partial charge in [0.1, 0.15) is 17.5 Å². The number of aromatic nitrogens is 3. The van der Waals surface area contributed by atoms with Crippen LogP contribution in [0.15, 0.2) is 123 Å². The molecule has 67 heavy (non-hydrogen) atoms. The number of likely N-dealkylation sites (tertiary alicyclic amines) is 1. The Morgan fingerprint density at radius 2 is 1.61 bits per heavy atom. The molecule has 0 bridgehead atoms. The number of primary amides is 1. The molecule has 2 fully saturated rings. The first-order chi connectivity index (χ1) is 32.4. The predicted octanol–water partition coefficient (Wildman–Crippen LogP) is 14.5. The van der Waals surface area contributed by atoms with Crippen LogP contribution in [0.25, 0.3) is 28.0 Å². The lowest BCUT2D eigenvalue weighted by atomic mass is 10.0. The first kappa shape index (κ1) is 59.1. The van der Waals surface area contributed by atoms with E-state index in [1.807, 2.05) is 50.8 Å². The quantitative estimate of drug-likeness (QED) is 0.0660. The number of nitrogens with zero attached hydrogens (tertiary/aromatic N) is 4. The Kier molecular flexibility index (Phi) is 29.6. The molecule has 4 N–H and O–H groups in total. The average Bonchev–Trinajstić information content (AvgIpc) is 3.70. The van der Waals surface area contributed by atoms with Gasteiger partial charge in [-0.15, -0.1) is 37.7 Å². The van der Waals surface area contributed by atoms with E-state index in [0.717, 1.165) is 78.6 Å². The highest BCUT2D eigenvalue weighted by molar-refractivity contribution is 7.14. The van der Waals surface area contributed by atoms with Gasteiger partial charge in [-0.05, 0) is 133 Å². The van der Waals surface area contributed by atoms with E-state index in [4.69, 9.17) is 10.7 Å². The lowest BCUT2D eigenvalue weighted by Gasteiger charge is -2.25. The number of amides is 1. The zero-order valence-corrected chi connectivity index (χ0v) is 43.5. The molecule has 364 valence electrons. The maximum atomic E-state index is 11.3. The van der Waals surface area contributed by atoms with Crippen LogP contribution in [-0.2, 0) is 16.0 Å². The van der Waals surface area contributed by atoms with E-state index in [0.29, 0.717) is 23.7 Å². The van der Waals surface area contributed by atoms with Gasteiger partial charge in [-0.25, -0.2) is 9.97 Å². The zero-order valence-electron chi connectivity index (χ0n) is 42.7. The van der Waals surface area contributed by atoms with E-state index in [2.05, 4.69) is 154 Å². The van der Waals surface area contributed by atoms with Crippen LogP contribution >= 0.6 is 11.3 Å². The van der Waals surface area contributed by atoms with Gasteiger partial charge in [0.05, 0.1) is 22.6 Å². The van der Waals surface area contributed by atoms with Crippen molar-refractivity contribution in [2.75, 3.05) is 23.7 Å². The number of carbonyl (C=O) groups excluding carboxylic acids is 2. The van der Waals surface area contributed by atoms with Gasteiger partial charge < -0.3 is 21.3 Å². The van der Waals surface area contributed by atoms with Crippen molar-refractivity contribution in [3.63, 3.8) is 0 Å². The third-order valence-electron chi connectivity index (χ3n) is 10.8. The lowest BCUT2D eigenvalue weighted by Crippen LogP contribution is -2.39. The van der Waals surface area contributed by atoms with Crippen LogP contribution in [0, 0.1) is 25.7 Å². The lowest BCUT2D eigenvalue weighted by molar-refractivity contribution is -0.121. The number of ketones is 1. The Hall–Kier alpha value is -5.87. The van der Waals surface area contributed by atoms with Crippen molar-refractivity contribution in [2.45, 2.75) is 133 Å². The third-order valence-corrected chi connectivity index (χ3v) is 11.6. The summed E-state index contributed by atoms with van der Waals surface area (Å²) in [5.41, 5.74) is 15.0. The number of thiazole rings is 1. The van der Waals surface area contributed by atoms with Gasteiger partial charge in [-0.1, -0.05) is 96.2 Å². The maximum absolute atomic E-state index is 11.3. The molecule has 3 atom stereocenters. The molecule has 0 radical (unpaired) electrons. The van der Waals surface area contributed by atoms with Crippen molar-refractivity contribution >= 4 is 50.4 Å². The summed E-state index contributed by atoms with van der Waals surface area (Å²) in [6.07, 6.45) is 15.0. The number of unbranched alkanes of at least 4 members (excludes halogenated alkanes) is 3. The summed E-state index contributed by atoms with van der Waals surface area (Å²) < 4.78 is 0. The fourth-order valence-corrected chi connectivity index (χ4v) is 8.15. The molecule has 1 aliphatic heterocycles. The number of hydrogen-bond donors (Lipinski definition) is 3. The van der Waals surface area contributed by atoms with Gasteiger partial charge in [-0.2, -0.15) is 0 Å². The molecule has 9 nitrogen and oxygen atoms in total. The molecule has 5 aromatic rings. The number of para-hydroxylation sites is 1. The summed E-state index contributed by atoms with van der Waals surface area (Å²) in [6, 6.07) is 22.9. The molecular formula is C57H83N7O2S. The van der Waals surface area contributed by atoms with Gasteiger partial charge in [0, 0.05) is 47.7 Å². The predicted molar refractivity (Wildman–Crippen MR) is 293 cm³/mol. The number of aryl methyl sites for hydroxylation is 3. The van der Waals surface area contributed by atoms with Crippen molar-refractivity contribution in [3.05, 3.63) is 146 Å². The Morgan fingerprint density at radius 3 is 2.22 bits per heavy atom. The van der Waals surface area contributed by atoms with Crippen LogP contribution < -0.4 is 16.4 Å². The molecule has 0 spiro atoms. The highest BCUT2D eigenvalue weighted by Crippen LogP contribution is 2.40. The van der Waals surface area contributed by atoms with E-state index in [1.54, 1.807) is 24.5 Å². The Morgan fingerprint density at radius 1 is 0.910 bits per heavy atom. The Balaban J connectivity index is 0.000000471. The van der Waals surface area contributed by atoms with Crippen molar-refractivity contribution in [1.29, 1.82) is 0 Å². The van der Waals surface area contributed by atoms with Gasteiger partial charge in [0.15, 0.2) is 5.13 Å². The van der Waals surface area contributed by atoms with Crippen LogP contribution in [0.2, 0.25) is 0 Å². The second kappa shape index (κ2) is 33.6. The van der Waals surface area contributed by atoms with E-state index < -0.39 is 0 Å². The van der Waals surface area contributed by atoms with Crippen LogP contribution in [0.3, 0.4) is 0 Å². The van der Waals surface area contributed by atoms with Crippen LogP contribution in [-0.4, -0.2) is 56.7 Å². The SMILES string of the molecule is C=C.C=C.C=C(c1ccccn1)N1CCCC1C(N)=O.CC.CC.CC(=O)C1CC1/C=C\CCCCCNc1ccccc1C.CCc1ccc2c(C)cc(-c3csc(NC(C)C)n3)nc2c1. The second-order valence-electron chi connectivity index (χ2n) is 15.9. The zero-order chi connectivity index (χ0) is 50.3. The largest absolute Gasteiger partial charge is 0.385 e. The number of anilines is 2. The normalized spacial score (nSPS) is 15.2. The second-order valence-corrected chi connectivity index (χ2v) is 16.8. The molecule has 7 rings (SSSR count). The molecule has 1 saturated heterocycles. The summed E-state index contributed by atoms with van der Waals surface area (Å²) in [6.45, 7) is 38.2. The Bertz CT molecular complexity index is 2210. The third kappa shape index (κ3) is 20.3. The summed E-state index contributed by atoms with van der Waals surface area (Å²) in [4.78, 5) is 38.0. The fourth-order valence-electron chi connectivity index (χ4n) is 7.29. The minimum absolute atomic E-state index is 0.227. The number of hydrogen-bond acceptors (Lipinski definition) is 9.